The van der Waals surface area contributed by atoms with Crippen LogP contribution in [0, 0.1) is 23.7 Å². The Kier molecular flexibility index (Phi) is 5.20. The summed E-state index contributed by atoms with van der Waals surface area (Å²) in [6.45, 7) is 8.75. The molecule has 1 aromatic rings. The molecule has 0 spiro atoms. The number of fused-ring (bicyclic) bond motifs is 2. The van der Waals surface area contributed by atoms with Crippen molar-refractivity contribution < 1.29 is 13.2 Å². The number of hydrazone groups is 1. The molecule has 27 heavy (non-hydrogen) atoms. The molecule has 0 saturated heterocycles. The van der Waals surface area contributed by atoms with Gasteiger partial charge in [-0.2, -0.15) is 5.10 Å². The zero-order chi connectivity index (χ0) is 19.9. The highest BCUT2D eigenvalue weighted by Gasteiger charge is 2.59. The summed E-state index contributed by atoms with van der Waals surface area (Å²) in [7, 11) is -3.60. The van der Waals surface area contributed by atoms with Gasteiger partial charge in [-0.1, -0.05) is 38.5 Å². The first-order valence-electron chi connectivity index (χ1n) is 9.48. The van der Waals surface area contributed by atoms with E-state index in [1.807, 2.05) is 6.92 Å². The van der Waals surface area contributed by atoms with E-state index in [-0.39, 0.29) is 34.6 Å². The second kappa shape index (κ2) is 7.02. The summed E-state index contributed by atoms with van der Waals surface area (Å²) in [5.74, 6) is 0.345. The molecule has 2 atom stereocenters. The Morgan fingerprint density at radius 1 is 1.22 bits per heavy atom. The van der Waals surface area contributed by atoms with E-state index in [4.69, 9.17) is 0 Å². The van der Waals surface area contributed by atoms with Crippen molar-refractivity contribution in [3.8, 4) is 0 Å². The smallest absolute Gasteiger partial charge is 0.241 e. The lowest BCUT2D eigenvalue weighted by atomic mass is 9.70. The number of aryl methyl sites for hydroxylation is 1. The lowest BCUT2D eigenvalue weighted by Gasteiger charge is -2.34. The van der Waals surface area contributed by atoms with Gasteiger partial charge in [0.25, 0.3) is 0 Å². The maximum absolute atomic E-state index is 12.2. The molecule has 2 bridgehead atoms. The van der Waals surface area contributed by atoms with Gasteiger partial charge in [-0.05, 0) is 49.7 Å². The highest BCUT2D eigenvalue weighted by Crippen LogP contribution is 2.63. The molecule has 6 nitrogen and oxygen atoms in total. The van der Waals surface area contributed by atoms with Crippen LogP contribution in [0.25, 0.3) is 0 Å². The Balaban J connectivity index is 1.52. The highest BCUT2D eigenvalue weighted by atomic mass is 32.2. The standard InChI is InChI=1S/C20H29N3O3S/c1-14-5-7-16(8-6-14)27(25,26)21-12-10-18(24)23-22-17-13-15-9-11-20(17,4)19(15,2)3/h5-8,15,21H,9-13H2,1-4H3,(H,23,24)/b22-17-/t15-,20+/m0/s1. The van der Waals surface area contributed by atoms with E-state index in [0.29, 0.717) is 5.92 Å². The molecule has 2 aliphatic carbocycles. The van der Waals surface area contributed by atoms with Crippen molar-refractivity contribution in [2.75, 3.05) is 6.54 Å². The molecule has 7 heteroatoms. The fourth-order valence-electron chi connectivity index (χ4n) is 4.38. The topological polar surface area (TPSA) is 87.6 Å². The van der Waals surface area contributed by atoms with E-state index in [9.17, 15) is 13.2 Å². The number of nitrogens with zero attached hydrogens (tertiary/aromatic N) is 1. The average Bonchev–Trinajstić information content (AvgIpc) is 2.93. The van der Waals surface area contributed by atoms with Crippen molar-refractivity contribution >= 4 is 21.6 Å². The number of carbonyl (C=O) groups excluding carboxylic acids is 1. The van der Waals surface area contributed by atoms with Gasteiger partial charge in [0.1, 0.15) is 0 Å². The number of nitrogens with one attached hydrogen (secondary N) is 2. The maximum atomic E-state index is 12.2. The van der Waals surface area contributed by atoms with Gasteiger partial charge in [0.2, 0.25) is 15.9 Å². The summed E-state index contributed by atoms with van der Waals surface area (Å²) in [5.41, 5.74) is 4.93. The van der Waals surface area contributed by atoms with Gasteiger partial charge in [0, 0.05) is 24.1 Å². The average molecular weight is 392 g/mol. The van der Waals surface area contributed by atoms with Crippen molar-refractivity contribution in [3.05, 3.63) is 29.8 Å². The monoisotopic (exact) mass is 391 g/mol. The number of carbonyl (C=O) groups is 1. The van der Waals surface area contributed by atoms with Crippen LogP contribution in [0.3, 0.4) is 0 Å². The molecule has 2 N–H and O–H groups in total. The lowest BCUT2D eigenvalue weighted by molar-refractivity contribution is -0.120. The van der Waals surface area contributed by atoms with Gasteiger partial charge in [-0.3, -0.25) is 4.79 Å². The van der Waals surface area contributed by atoms with E-state index in [0.717, 1.165) is 24.1 Å². The van der Waals surface area contributed by atoms with Gasteiger partial charge < -0.3 is 0 Å². The largest absolute Gasteiger partial charge is 0.273 e. The SMILES string of the molecule is Cc1ccc(S(=O)(=O)NCCC(=O)N/N=C2/C[C@@H]3CC[C@@]2(C)C3(C)C)cc1. The molecule has 2 fully saturated rings. The summed E-state index contributed by atoms with van der Waals surface area (Å²) < 4.78 is 26.9. The molecule has 0 unspecified atom stereocenters. The van der Waals surface area contributed by atoms with Crippen molar-refractivity contribution in [2.45, 2.75) is 58.3 Å². The molecule has 3 rings (SSSR count). The van der Waals surface area contributed by atoms with E-state index in [2.05, 4.69) is 36.0 Å². The maximum Gasteiger partial charge on any atom is 0.241 e. The molecular formula is C20H29N3O3S. The van der Waals surface area contributed by atoms with Crippen LogP contribution in [0.2, 0.25) is 0 Å². The molecule has 1 aromatic carbocycles. The minimum atomic E-state index is -3.60. The molecule has 1 amide bonds. The predicted molar refractivity (Wildman–Crippen MR) is 106 cm³/mol. The number of benzene rings is 1. The number of sulfonamides is 1. The Morgan fingerprint density at radius 2 is 1.89 bits per heavy atom. The molecule has 0 radical (unpaired) electrons. The second-order valence-corrected chi connectivity index (χ2v) is 10.3. The van der Waals surface area contributed by atoms with Crippen LogP contribution in [0.4, 0.5) is 0 Å². The van der Waals surface area contributed by atoms with Crippen LogP contribution in [-0.4, -0.2) is 26.6 Å². The number of hydrogen-bond donors (Lipinski definition) is 2. The number of rotatable bonds is 6. The quantitative estimate of drug-likeness (QED) is 0.731. The third-order valence-corrected chi connectivity index (χ3v) is 8.28. The Morgan fingerprint density at radius 3 is 2.44 bits per heavy atom. The number of amides is 1. The predicted octanol–water partition coefficient (Wildman–Crippen LogP) is 2.98. The lowest BCUT2D eigenvalue weighted by Crippen LogP contribution is -2.34. The fourth-order valence-corrected chi connectivity index (χ4v) is 5.41. The summed E-state index contributed by atoms with van der Waals surface area (Å²) in [6, 6.07) is 6.60. The normalized spacial score (nSPS) is 27.9. The summed E-state index contributed by atoms with van der Waals surface area (Å²) in [6.07, 6.45) is 3.31. The van der Waals surface area contributed by atoms with Crippen LogP contribution in [0.5, 0.6) is 0 Å². The zero-order valence-electron chi connectivity index (χ0n) is 16.5. The van der Waals surface area contributed by atoms with Gasteiger partial charge >= 0.3 is 0 Å². The highest BCUT2D eigenvalue weighted by molar-refractivity contribution is 7.89. The summed E-state index contributed by atoms with van der Waals surface area (Å²) >= 11 is 0. The van der Waals surface area contributed by atoms with E-state index < -0.39 is 10.0 Å². The third-order valence-electron chi connectivity index (χ3n) is 6.80. The van der Waals surface area contributed by atoms with Crippen LogP contribution in [-0.2, 0) is 14.8 Å². The van der Waals surface area contributed by atoms with Crippen LogP contribution in [0.1, 0.15) is 52.0 Å². The minimum Gasteiger partial charge on any atom is -0.273 e. The van der Waals surface area contributed by atoms with Crippen molar-refractivity contribution in [3.63, 3.8) is 0 Å². The fraction of sp³-hybridized carbons (Fsp3) is 0.600. The first kappa shape index (κ1) is 20.0. The Hall–Kier alpha value is -1.73. The van der Waals surface area contributed by atoms with Crippen LogP contribution < -0.4 is 10.1 Å². The summed E-state index contributed by atoms with van der Waals surface area (Å²) in [5, 5.41) is 4.40. The second-order valence-electron chi connectivity index (χ2n) is 8.55. The van der Waals surface area contributed by atoms with Gasteiger partial charge in [-0.25, -0.2) is 18.6 Å². The van der Waals surface area contributed by atoms with E-state index in [1.165, 1.54) is 6.42 Å². The molecule has 148 valence electrons. The van der Waals surface area contributed by atoms with Crippen LogP contribution in [0.15, 0.2) is 34.3 Å². The van der Waals surface area contributed by atoms with E-state index >= 15 is 0 Å². The molecular weight excluding hydrogens is 362 g/mol. The van der Waals surface area contributed by atoms with Gasteiger partial charge in [-0.15, -0.1) is 0 Å². The Bertz CT molecular complexity index is 859. The number of hydrogen-bond acceptors (Lipinski definition) is 4. The van der Waals surface area contributed by atoms with Crippen molar-refractivity contribution in [1.82, 2.24) is 10.1 Å². The molecule has 2 saturated carbocycles. The molecule has 0 aliphatic heterocycles. The van der Waals surface area contributed by atoms with Crippen LogP contribution >= 0.6 is 0 Å². The minimum absolute atomic E-state index is 0.0397. The van der Waals surface area contributed by atoms with Crippen molar-refractivity contribution in [2.24, 2.45) is 21.8 Å². The van der Waals surface area contributed by atoms with Gasteiger partial charge in [0.15, 0.2) is 0 Å². The van der Waals surface area contributed by atoms with Crippen molar-refractivity contribution in [1.29, 1.82) is 0 Å². The first-order valence-corrected chi connectivity index (χ1v) is 11.0. The Labute approximate surface area is 161 Å². The third kappa shape index (κ3) is 3.67. The van der Waals surface area contributed by atoms with E-state index in [1.54, 1.807) is 24.3 Å². The molecule has 0 aromatic heterocycles. The van der Waals surface area contributed by atoms with Gasteiger partial charge in [0.05, 0.1) is 4.90 Å². The molecule has 0 heterocycles. The summed E-state index contributed by atoms with van der Waals surface area (Å²) in [4.78, 5) is 12.3. The molecule has 2 aliphatic rings. The first-order chi connectivity index (χ1) is 12.6. The zero-order valence-corrected chi connectivity index (χ0v) is 17.3.